The van der Waals surface area contributed by atoms with Gasteiger partial charge in [0.05, 0.1) is 0 Å². The predicted octanol–water partition coefficient (Wildman–Crippen LogP) is 2.20. The SMILES string of the molecule is CO.Fc1ccc(Br)cc1. The van der Waals surface area contributed by atoms with E-state index >= 15 is 0 Å². The lowest BCUT2D eigenvalue weighted by atomic mass is 10.4. The Morgan fingerprint density at radius 3 is 1.90 bits per heavy atom. The molecule has 0 bridgehead atoms. The maximum Gasteiger partial charge on any atom is 0.123 e. The molecular weight excluding hydrogens is 199 g/mol. The van der Waals surface area contributed by atoms with Crippen LogP contribution in [0.3, 0.4) is 0 Å². The van der Waals surface area contributed by atoms with Gasteiger partial charge in [0.2, 0.25) is 0 Å². The van der Waals surface area contributed by atoms with Crippen molar-refractivity contribution in [1.82, 2.24) is 0 Å². The molecule has 0 radical (unpaired) electrons. The number of rotatable bonds is 0. The zero-order valence-electron chi connectivity index (χ0n) is 5.51. The molecule has 1 aromatic carbocycles. The van der Waals surface area contributed by atoms with Crippen molar-refractivity contribution in [3.05, 3.63) is 34.6 Å². The minimum absolute atomic E-state index is 0.201. The molecule has 0 saturated heterocycles. The fourth-order valence-corrected chi connectivity index (χ4v) is 0.694. The Morgan fingerprint density at radius 1 is 1.20 bits per heavy atom. The highest BCUT2D eigenvalue weighted by Crippen LogP contribution is 2.08. The zero-order chi connectivity index (χ0) is 7.98. The average molecular weight is 207 g/mol. The highest BCUT2D eigenvalue weighted by molar-refractivity contribution is 9.10. The van der Waals surface area contributed by atoms with Gasteiger partial charge in [-0.2, -0.15) is 0 Å². The summed E-state index contributed by atoms with van der Waals surface area (Å²) in [5.41, 5.74) is 0. The number of hydrogen-bond acceptors (Lipinski definition) is 1. The maximum atomic E-state index is 12.1. The Kier molecular flexibility index (Phi) is 5.16. The van der Waals surface area contributed by atoms with Crippen molar-refractivity contribution in [2.75, 3.05) is 7.11 Å². The topological polar surface area (TPSA) is 20.2 Å². The highest BCUT2D eigenvalue weighted by Gasteiger charge is 1.84. The van der Waals surface area contributed by atoms with Gasteiger partial charge in [0.25, 0.3) is 0 Å². The molecule has 1 nitrogen and oxygen atoms in total. The normalized spacial score (nSPS) is 8.00. The van der Waals surface area contributed by atoms with Crippen LogP contribution in [0.2, 0.25) is 0 Å². The molecule has 56 valence electrons. The third-order valence-electron chi connectivity index (χ3n) is 0.804. The summed E-state index contributed by atoms with van der Waals surface area (Å²) in [5, 5.41) is 7.00. The van der Waals surface area contributed by atoms with Gasteiger partial charge < -0.3 is 5.11 Å². The summed E-state index contributed by atoms with van der Waals surface area (Å²) in [7, 11) is 1.00. The van der Waals surface area contributed by atoms with Crippen LogP contribution in [0.5, 0.6) is 0 Å². The van der Waals surface area contributed by atoms with E-state index in [-0.39, 0.29) is 5.82 Å². The smallest absolute Gasteiger partial charge is 0.123 e. The van der Waals surface area contributed by atoms with Crippen LogP contribution in [0.4, 0.5) is 4.39 Å². The van der Waals surface area contributed by atoms with Gasteiger partial charge in [0.15, 0.2) is 0 Å². The molecule has 1 N–H and O–H groups in total. The molecule has 0 aliphatic carbocycles. The van der Waals surface area contributed by atoms with Gasteiger partial charge in [-0.1, -0.05) is 15.9 Å². The Labute approximate surface area is 67.6 Å². The molecule has 0 spiro atoms. The van der Waals surface area contributed by atoms with Crippen molar-refractivity contribution < 1.29 is 9.50 Å². The van der Waals surface area contributed by atoms with E-state index in [0.29, 0.717) is 0 Å². The monoisotopic (exact) mass is 206 g/mol. The predicted molar refractivity (Wildman–Crippen MR) is 42.2 cm³/mol. The summed E-state index contributed by atoms with van der Waals surface area (Å²) in [5.74, 6) is -0.201. The molecule has 0 fully saturated rings. The van der Waals surface area contributed by atoms with Crippen LogP contribution in [-0.4, -0.2) is 12.2 Å². The Bertz CT molecular complexity index is 152. The van der Waals surface area contributed by atoms with Crippen LogP contribution in [0.15, 0.2) is 28.7 Å². The second-order valence-corrected chi connectivity index (χ2v) is 2.35. The molecule has 0 saturated carbocycles. The van der Waals surface area contributed by atoms with E-state index in [1.807, 2.05) is 0 Å². The molecular formula is C7H8BrFO. The van der Waals surface area contributed by atoms with Gasteiger partial charge in [0.1, 0.15) is 5.82 Å². The Morgan fingerprint density at radius 2 is 1.60 bits per heavy atom. The van der Waals surface area contributed by atoms with Crippen molar-refractivity contribution in [3.63, 3.8) is 0 Å². The first-order valence-corrected chi connectivity index (χ1v) is 3.44. The van der Waals surface area contributed by atoms with Gasteiger partial charge >= 0.3 is 0 Å². The average Bonchev–Trinajstić information content (AvgIpc) is 2.00. The molecule has 10 heavy (non-hydrogen) atoms. The van der Waals surface area contributed by atoms with Gasteiger partial charge in [-0.25, -0.2) is 4.39 Å². The van der Waals surface area contributed by atoms with Crippen molar-refractivity contribution in [2.45, 2.75) is 0 Å². The minimum Gasteiger partial charge on any atom is -0.400 e. The van der Waals surface area contributed by atoms with Gasteiger partial charge in [-0.05, 0) is 24.3 Å². The first-order valence-electron chi connectivity index (χ1n) is 2.65. The van der Waals surface area contributed by atoms with Gasteiger partial charge in [-0.15, -0.1) is 0 Å². The lowest BCUT2D eigenvalue weighted by Crippen LogP contribution is -1.67. The standard InChI is InChI=1S/C6H4BrF.CH4O/c7-5-1-3-6(8)4-2-5;1-2/h1-4H;2H,1H3. The van der Waals surface area contributed by atoms with Crippen LogP contribution in [-0.2, 0) is 0 Å². The molecule has 0 aliphatic rings. The van der Waals surface area contributed by atoms with E-state index in [1.54, 1.807) is 12.1 Å². The molecule has 0 aromatic heterocycles. The van der Waals surface area contributed by atoms with E-state index in [9.17, 15) is 4.39 Å². The summed E-state index contributed by atoms with van der Waals surface area (Å²) < 4.78 is 13.0. The van der Waals surface area contributed by atoms with Gasteiger partial charge in [-0.3, -0.25) is 0 Å². The first-order chi connectivity index (χ1) is 4.79. The summed E-state index contributed by atoms with van der Waals surface area (Å²) in [6, 6.07) is 6.14. The van der Waals surface area contributed by atoms with E-state index in [1.165, 1.54) is 12.1 Å². The van der Waals surface area contributed by atoms with Crippen LogP contribution in [0.25, 0.3) is 0 Å². The molecule has 3 heteroatoms. The quantitative estimate of drug-likeness (QED) is 0.691. The molecule has 0 heterocycles. The number of benzene rings is 1. The van der Waals surface area contributed by atoms with Crippen LogP contribution in [0.1, 0.15) is 0 Å². The maximum absolute atomic E-state index is 12.1. The third kappa shape index (κ3) is 3.58. The number of halogens is 2. The summed E-state index contributed by atoms with van der Waals surface area (Å²) in [4.78, 5) is 0. The minimum atomic E-state index is -0.201. The summed E-state index contributed by atoms with van der Waals surface area (Å²) >= 11 is 3.18. The van der Waals surface area contributed by atoms with E-state index < -0.39 is 0 Å². The van der Waals surface area contributed by atoms with Crippen molar-refractivity contribution >= 4 is 15.9 Å². The number of aliphatic hydroxyl groups excluding tert-OH is 1. The van der Waals surface area contributed by atoms with Crippen molar-refractivity contribution in [3.8, 4) is 0 Å². The molecule has 0 amide bonds. The van der Waals surface area contributed by atoms with Crippen molar-refractivity contribution in [1.29, 1.82) is 0 Å². The van der Waals surface area contributed by atoms with Crippen LogP contribution in [0, 0.1) is 5.82 Å². The highest BCUT2D eigenvalue weighted by atomic mass is 79.9. The Balaban J connectivity index is 0.000000371. The molecule has 0 atom stereocenters. The van der Waals surface area contributed by atoms with Gasteiger partial charge in [0, 0.05) is 11.6 Å². The fraction of sp³-hybridized carbons (Fsp3) is 0.143. The molecule has 1 aromatic rings. The third-order valence-corrected chi connectivity index (χ3v) is 1.33. The summed E-state index contributed by atoms with van der Waals surface area (Å²) in [6.07, 6.45) is 0. The summed E-state index contributed by atoms with van der Waals surface area (Å²) in [6.45, 7) is 0. The largest absolute Gasteiger partial charge is 0.400 e. The number of hydrogen-bond donors (Lipinski definition) is 1. The van der Waals surface area contributed by atoms with E-state index in [0.717, 1.165) is 11.6 Å². The Hall–Kier alpha value is -0.410. The van der Waals surface area contributed by atoms with E-state index in [4.69, 9.17) is 5.11 Å². The second kappa shape index (κ2) is 5.38. The van der Waals surface area contributed by atoms with Crippen LogP contribution >= 0.6 is 15.9 Å². The fourth-order valence-electron chi connectivity index (χ4n) is 0.430. The zero-order valence-corrected chi connectivity index (χ0v) is 7.10. The molecule has 0 unspecified atom stereocenters. The lowest BCUT2D eigenvalue weighted by Gasteiger charge is -1.85. The van der Waals surface area contributed by atoms with Crippen molar-refractivity contribution in [2.24, 2.45) is 0 Å². The number of aliphatic hydroxyl groups is 1. The second-order valence-electron chi connectivity index (χ2n) is 1.44. The molecule has 0 aliphatic heterocycles. The lowest BCUT2D eigenvalue weighted by molar-refractivity contribution is 0.399. The first kappa shape index (κ1) is 9.59. The van der Waals surface area contributed by atoms with E-state index in [2.05, 4.69) is 15.9 Å². The van der Waals surface area contributed by atoms with Crippen LogP contribution < -0.4 is 0 Å². The molecule has 1 rings (SSSR count).